The lowest BCUT2D eigenvalue weighted by atomic mass is 9.98. The lowest BCUT2D eigenvalue weighted by Gasteiger charge is -2.40. The van der Waals surface area contributed by atoms with Gasteiger partial charge >= 0.3 is 0 Å². The molecule has 8 nitrogen and oxygen atoms in total. The average Bonchev–Trinajstić information content (AvgIpc) is 3.14. The Balaban J connectivity index is 1.47. The van der Waals surface area contributed by atoms with E-state index in [0.717, 1.165) is 53.4 Å². The number of nitrogens with one attached hydrogen (secondary N) is 1. The van der Waals surface area contributed by atoms with E-state index in [-0.39, 0.29) is 11.7 Å². The van der Waals surface area contributed by atoms with E-state index in [2.05, 4.69) is 38.9 Å². The van der Waals surface area contributed by atoms with Crippen LogP contribution in [0.2, 0.25) is 0 Å². The lowest BCUT2D eigenvalue weighted by molar-refractivity contribution is -0.162. The summed E-state index contributed by atoms with van der Waals surface area (Å²) in [5.41, 5.74) is 2.32. The van der Waals surface area contributed by atoms with Crippen molar-refractivity contribution < 1.29 is 14.2 Å². The number of fused-ring (bicyclic) bond motifs is 1. The Hall–Kier alpha value is -2.71. The van der Waals surface area contributed by atoms with Gasteiger partial charge < -0.3 is 19.1 Å². The van der Waals surface area contributed by atoms with Crippen LogP contribution >= 0.6 is 0 Å². The number of aromatic amines is 1. The van der Waals surface area contributed by atoms with E-state index in [9.17, 15) is 0 Å². The first-order valence-corrected chi connectivity index (χ1v) is 10.1. The van der Waals surface area contributed by atoms with Crippen LogP contribution in [0.25, 0.3) is 22.3 Å². The fourth-order valence-electron chi connectivity index (χ4n) is 3.84. The molecule has 29 heavy (non-hydrogen) atoms. The summed E-state index contributed by atoms with van der Waals surface area (Å²) >= 11 is 0. The second-order valence-corrected chi connectivity index (χ2v) is 7.80. The number of aromatic nitrogens is 4. The zero-order valence-corrected chi connectivity index (χ0v) is 16.7. The fourth-order valence-corrected chi connectivity index (χ4v) is 3.84. The van der Waals surface area contributed by atoms with E-state index in [1.165, 1.54) is 0 Å². The summed E-state index contributed by atoms with van der Waals surface area (Å²) in [6, 6.07) is 7.99. The van der Waals surface area contributed by atoms with Crippen LogP contribution in [0.5, 0.6) is 5.75 Å². The van der Waals surface area contributed by atoms with Gasteiger partial charge in [0.05, 0.1) is 37.1 Å². The van der Waals surface area contributed by atoms with Gasteiger partial charge in [0, 0.05) is 24.5 Å². The third-order valence-electron chi connectivity index (χ3n) is 5.70. The number of ether oxygens (including phenoxy) is 3. The monoisotopic (exact) mass is 395 g/mol. The molecule has 0 aliphatic carbocycles. The van der Waals surface area contributed by atoms with Gasteiger partial charge in [-0.1, -0.05) is 6.92 Å². The molecule has 8 heteroatoms. The van der Waals surface area contributed by atoms with E-state index >= 15 is 0 Å². The van der Waals surface area contributed by atoms with E-state index in [1.54, 1.807) is 6.33 Å². The largest absolute Gasteiger partial charge is 0.482 e. The molecule has 2 fully saturated rings. The summed E-state index contributed by atoms with van der Waals surface area (Å²) in [6.45, 7) is 7.81. The van der Waals surface area contributed by atoms with Gasteiger partial charge in [-0.05, 0) is 31.5 Å². The van der Waals surface area contributed by atoms with Crippen molar-refractivity contribution in [3.05, 3.63) is 30.6 Å². The standard InChI is InChI=1S/C21H25N5O3/c1-3-21(11-27-12-21)29-15-4-5-17-16(8-15)20(25-24-17)18-9-19(23-13-22-18)26-6-7-28-14(2)10-26/h4-5,8-9,13-14H,3,6-7,10-12H2,1-2H3,(H,24,25)/t14-/m1/s1. The minimum Gasteiger partial charge on any atom is -0.482 e. The third-order valence-corrected chi connectivity index (χ3v) is 5.70. The smallest absolute Gasteiger partial charge is 0.155 e. The molecule has 0 unspecified atom stereocenters. The maximum atomic E-state index is 6.26. The van der Waals surface area contributed by atoms with Crippen LogP contribution in [0.15, 0.2) is 30.6 Å². The van der Waals surface area contributed by atoms with Crippen LogP contribution in [0.3, 0.4) is 0 Å². The zero-order valence-electron chi connectivity index (χ0n) is 16.7. The number of morpholine rings is 1. The van der Waals surface area contributed by atoms with E-state index in [1.807, 2.05) is 24.3 Å². The predicted octanol–water partition coefficient (Wildman–Crippen LogP) is 2.80. The molecule has 0 radical (unpaired) electrons. The van der Waals surface area contributed by atoms with Gasteiger partial charge in [-0.3, -0.25) is 5.10 Å². The fraction of sp³-hybridized carbons (Fsp3) is 0.476. The maximum Gasteiger partial charge on any atom is 0.155 e. The van der Waals surface area contributed by atoms with Gasteiger partial charge in [-0.2, -0.15) is 5.10 Å². The highest BCUT2D eigenvalue weighted by molar-refractivity contribution is 5.93. The number of rotatable bonds is 5. The first-order valence-electron chi connectivity index (χ1n) is 10.1. The SMILES string of the molecule is CCC1(Oc2ccc3[nH]nc(-c4cc(N5CCO[C@H](C)C5)ncn4)c3c2)COC1. The minimum absolute atomic E-state index is 0.189. The Morgan fingerprint density at radius 2 is 2.17 bits per heavy atom. The molecular formula is C21H25N5O3. The Bertz CT molecular complexity index is 1010. The molecule has 5 rings (SSSR count). The minimum atomic E-state index is -0.216. The van der Waals surface area contributed by atoms with E-state index in [0.29, 0.717) is 19.8 Å². The molecule has 1 aromatic carbocycles. The Kier molecular flexibility index (Phi) is 4.60. The van der Waals surface area contributed by atoms with Crippen molar-refractivity contribution in [1.82, 2.24) is 20.2 Å². The maximum absolute atomic E-state index is 6.26. The van der Waals surface area contributed by atoms with Gasteiger partial charge in [0.25, 0.3) is 0 Å². The van der Waals surface area contributed by atoms with Gasteiger partial charge in [-0.25, -0.2) is 9.97 Å². The summed E-state index contributed by atoms with van der Waals surface area (Å²) in [4.78, 5) is 11.2. The Labute approximate surface area is 169 Å². The molecule has 2 aliphatic rings. The van der Waals surface area contributed by atoms with Gasteiger partial charge in [-0.15, -0.1) is 0 Å². The molecule has 0 spiro atoms. The molecule has 1 atom stereocenters. The number of nitrogens with zero attached hydrogens (tertiary/aromatic N) is 4. The van der Waals surface area contributed by atoms with Crippen molar-refractivity contribution in [2.75, 3.05) is 37.8 Å². The molecule has 1 N–H and O–H groups in total. The lowest BCUT2D eigenvalue weighted by Crippen LogP contribution is -2.53. The van der Waals surface area contributed by atoms with Gasteiger partial charge in [0.2, 0.25) is 0 Å². The van der Waals surface area contributed by atoms with Crippen LogP contribution < -0.4 is 9.64 Å². The highest BCUT2D eigenvalue weighted by Crippen LogP contribution is 2.33. The third kappa shape index (κ3) is 3.42. The van der Waals surface area contributed by atoms with Gasteiger partial charge in [0.15, 0.2) is 5.60 Å². The van der Waals surface area contributed by atoms with Crippen LogP contribution in [0.4, 0.5) is 5.82 Å². The van der Waals surface area contributed by atoms with Crippen molar-refractivity contribution >= 4 is 16.7 Å². The summed E-state index contributed by atoms with van der Waals surface area (Å²) in [5.74, 6) is 1.71. The molecule has 0 amide bonds. The first-order chi connectivity index (χ1) is 14.2. The number of H-pyrrole nitrogens is 1. The molecular weight excluding hydrogens is 370 g/mol. The molecule has 0 bridgehead atoms. The van der Waals surface area contributed by atoms with Crippen molar-refractivity contribution in [3.63, 3.8) is 0 Å². The van der Waals surface area contributed by atoms with Crippen LogP contribution in [0, 0.1) is 0 Å². The summed E-state index contributed by atoms with van der Waals surface area (Å²) in [7, 11) is 0. The highest BCUT2D eigenvalue weighted by atomic mass is 16.6. The van der Waals surface area contributed by atoms with Crippen molar-refractivity contribution in [2.45, 2.75) is 32.0 Å². The van der Waals surface area contributed by atoms with Gasteiger partial charge in [0.1, 0.15) is 23.6 Å². The number of benzene rings is 1. The molecule has 2 aromatic heterocycles. The molecule has 3 aromatic rings. The molecule has 2 aliphatic heterocycles. The van der Waals surface area contributed by atoms with E-state index < -0.39 is 0 Å². The molecule has 4 heterocycles. The second kappa shape index (κ2) is 7.27. The highest BCUT2D eigenvalue weighted by Gasteiger charge is 2.39. The van der Waals surface area contributed by atoms with Crippen LogP contribution in [-0.4, -0.2) is 64.8 Å². The summed E-state index contributed by atoms with van der Waals surface area (Å²) in [5, 5.41) is 8.60. The number of anilines is 1. The normalized spacial score (nSPS) is 21.2. The molecule has 0 saturated carbocycles. The topological polar surface area (TPSA) is 85.4 Å². The zero-order chi connectivity index (χ0) is 19.8. The van der Waals surface area contributed by atoms with Crippen molar-refractivity contribution in [3.8, 4) is 17.1 Å². The number of hydrogen-bond acceptors (Lipinski definition) is 7. The first kappa shape index (κ1) is 18.3. The molecule has 152 valence electrons. The summed E-state index contributed by atoms with van der Waals surface area (Å²) < 4.78 is 17.3. The summed E-state index contributed by atoms with van der Waals surface area (Å²) in [6.07, 6.45) is 2.70. The Morgan fingerprint density at radius 1 is 1.28 bits per heavy atom. The predicted molar refractivity (Wildman–Crippen MR) is 109 cm³/mol. The van der Waals surface area contributed by atoms with Crippen molar-refractivity contribution in [1.29, 1.82) is 0 Å². The van der Waals surface area contributed by atoms with Crippen LogP contribution in [-0.2, 0) is 9.47 Å². The van der Waals surface area contributed by atoms with Crippen LogP contribution in [0.1, 0.15) is 20.3 Å². The molecule has 2 saturated heterocycles. The average molecular weight is 395 g/mol. The van der Waals surface area contributed by atoms with Crippen molar-refractivity contribution in [2.24, 2.45) is 0 Å². The quantitative estimate of drug-likeness (QED) is 0.711. The Morgan fingerprint density at radius 3 is 2.93 bits per heavy atom. The van der Waals surface area contributed by atoms with E-state index in [4.69, 9.17) is 14.2 Å². The second-order valence-electron chi connectivity index (χ2n) is 7.80. The number of hydrogen-bond donors (Lipinski definition) is 1.